The van der Waals surface area contributed by atoms with Crippen LogP contribution in [0.15, 0.2) is 0 Å². The van der Waals surface area contributed by atoms with Gasteiger partial charge in [-0.3, -0.25) is 14.5 Å². The maximum absolute atomic E-state index is 11.2. The van der Waals surface area contributed by atoms with Crippen LogP contribution < -0.4 is 11.5 Å². The molecule has 1 rings (SSSR count). The van der Waals surface area contributed by atoms with Crippen molar-refractivity contribution in [2.75, 3.05) is 6.54 Å². The highest BCUT2D eigenvalue weighted by Crippen LogP contribution is 2.19. The van der Waals surface area contributed by atoms with Crippen LogP contribution in [0.4, 0.5) is 4.79 Å². The minimum atomic E-state index is -0.760. The van der Waals surface area contributed by atoms with E-state index in [0.29, 0.717) is 6.42 Å². The summed E-state index contributed by atoms with van der Waals surface area (Å²) in [4.78, 5) is 33.6. The molecule has 0 radical (unpaired) electrons. The fourth-order valence-corrected chi connectivity index (χ4v) is 1.58. The minimum absolute atomic E-state index is 0.0438. The molecule has 4 amide bonds. The number of likely N-dealkylation sites (tertiary alicyclic amines) is 1. The van der Waals surface area contributed by atoms with Crippen molar-refractivity contribution in [3.63, 3.8) is 0 Å². The van der Waals surface area contributed by atoms with Gasteiger partial charge in [0.1, 0.15) is 0 Å². The third-order valence-electron chi connectivity index (χ3n) is 2.26. The zero-order chi connectivity index (χ0) is 10.7. The van der Waals surface area contributed by atoms with Crippen LogP contribution in [0.3, 0.4) is 0 Å². The summed E-state index contributed by atoms with van der Waals surface area (Å²) in [5.41, 5.74) is 10.0. The molecule has 0 saturated carbocycles. The number of piperidine rings is 1. The van der Waals surface area contributed by atoms with E-state index in [1.54, 1.807) is 0 Å². The molecule has 78 valence electrons. The average Bonchev–Trinajstić information content (AvgIpc) is 2.07. The first kappa shape index (κ1) is 10.5. The standard InChI is InChI=1S/C8H13N3O3/c9-6(12)3-5-1-2-7(13)11(4-5)8(10)14/h5H,1-4H2,(H2,9,12)(H2,10,14). The van der Waals surface area contributed by atoms with Crippen LogP contribution in [-0.2, 0) is 9.59 Å². The summed E-state index contributed by atoms with van der Waals surface area (Å²) in [5.74, 6) is -0.746. The van der Waals surface area contributed by atoms with Gasteiger partial charge in [-0.2, -0.15) is 0 Å². The van der Waals surface area contributed by atoms with Crippen molar-refractivity contribution in [1.29, 1.82) is 0 Å². The number of hydrogen-bond donors (Lipinski definition) is 2. The third-order valence-corrected chi connectivity index (χ3v) is 2.26. The highest BCUT2D eigenvalue weighted by atomic mass is 16.2. The molecular weight excluding hydrogens is 186 g/mol. The number of urea groups is 1. The SMILES string of the molecule is NC(=O)CC1CCC(=O)N(C(N)=O)C1. The van der Waals surface area contributed by atoms with Crippen molar-refractivity contribution in [3.8, 4) is 0 Å². The Bertz CT molecular complexity index is 277. The molecule has 1 heterocycles. The van der Waals surface area contributed by atoms with Crippen LogP contribution in [0.1, 0.15) is 19.3 Å². The lowest BCUT2D eigenvalue weighted by molar-refractivity contribution is -0.132. The van der Waals surface area contributed by atoms with Crippen molar-refractivity contribution in [2.45, 2.75) is 19.3 Å². The van der Waals surface area contributed by atoms with E-state index in [2.05, 4.69) is 0 Å². The minimum Gasteiger partial charge on any atom is -0.370 e. The molecule has 1 atom stereocenters. The van der Waals surface area contributed by atoms with Crippen LogP contribution in [0.25, 0.3) is 0 Å². The molecule has 1 saturated heterocycles. The van der Waals surface area contributed by atoms with Gasteiger partial charge >= 0.3 is 6.03 Å². The Morgan fingerprint density at radius 2 is 2.07 bits per heavy atom. The van der Waals surface area contributed by atoms with Crippen LogP contribution in [0.5, 0.6) is 0 Å². The highest BCUT2D eigenvalue weighted by molar-refractivity contribution is 5.94. The predicted octanol–water partition coefficient (Wildman–Crippen LogP) is -0.821. The van der Waals surface area contributed by atoms with Crippen molar-refractivity contribution >= 4 is 17.8 Å². The topological polar surface area (TPSA) is 106 Å². The van der Waals surface area contributed by atoms with E-state index in [1.165, 1.54) is 0 Å². The van der Waals surface area contributed by atoms with E-state index in [0.717, 1.165) is 4.90 Å². The van der Waals surface area contributed by atoms with Crippen molar-refractivity contribution < 1.29 is 14.4 Å². The van der Waals surface area contributed by atoms with Gasteiger partial charge in [-0.15, -0.1) is 0 Å². The van der Waals surface area contributed by atoms with E-state index >= 15 is 0 Å². The highest BCUT2D eigenvalue weighted by Gasteiger charge is 2.29. The lowest BCUT2D eigenvalue weighted by Crippen LogP contribution is -2.47. The summed E-state index contributed by atoms with van der Waals surface area (Å²) < 4.78 is 0. The zero-order valence-electron chi connectivity index (χ0n) is 7.73. The second-order valence-corrected chi connectivity index (χ2v) is 3.42. The summed E-state index contributed by atoms with van der Waals surface area (Å²) in [6.07, 6.45) is 1.03. The number of hydrogen-bond acceptors (Lipinski definition) is 3. The molecule has 1 fully saturated rings. The van der Waals surface area contributed by atoms with E-state index < -0.39 is 11.9 Å². The molecule has 1 unspecified atom stereocenters. The van der Waals surface area contributed by atoms with Crippen LogP contribution in [0, 0.1) is 5.92 Å². The maximum atomic E-state index is 11.2. The molecule has 1 aliphatic heterocycles. The average molecular weight is 199 g/mol. The quantitative estimate of drug-likeness (QED) is 0.606. The number of nitrogens with zero attached hydrogens (tertiary/aromatic N) is 1. The summed E-state index contributed by atoms with van der Waals surface area (Å²) in [7, 11) is 0. The molecule has 1 aliphatic rings. The monoisotopic (exact) mass is 199 g/mol. The van der Waals surface area contributed by atoms with Crippen molar-refractivity contribution in [1.82, 2.24) is 4.90 Å². The first-order valence-corrected chi connectivity index (χ1v) is 4.39. The number of primary amides is 2. The predicted molar refractivity (Wildman–Crippen MR) is 47.8 cm³/mol. The number of imide groups is 1. The molecule has 0 aliphatic carbocycles. The van der Waals surface area contributed by atoms with Crippen LogP contribution >= 0.6 is 0 Å². The lowest BCUT2D eigenvalue weighted by atomic mass is 9.94. The van der Waals surface area contributed by atoms with E-state index in [1.807, 2.05) is 0 Å². The molecule has 0 spiro atoms. The van der Waals surface area contributed by atoms with Gasteiger partial charge in [-0.1, -0.05) is 0 Å². The van der Waals surface area contributed by atoms with Crippen molar-refractivity contribution in [3.05, 3.63) is 0 Å². The molecule has 0 aromatic heterocycles. The summed E-state index contributed by atoms with van der Waals surface area (Å²) >= 11 is 0. The Kier molecular flexibility index (Phi) is 3.06. The van der Waals surface area contributed by atoms with Gasteiger partial charge in [0.15, 0.2) is 0 Å². The van der Waals surface area contributed by atoms with Crippen molar-refractivity contribution in [2.24, 2.45) is 17.4 Å². The Balaban J connectivity index is 2.57. The Labute approximate surface area is 81.2 Å². The Morgan fingerprint density at radius 3 is 2.57 bits per heavy atom. The largest absolute Gasteiger partial charge is 0.370 e. The third kappa shape index (κ3) is 2.45. The number of nitrogens with two attached hydrogens (primary N) is 2. The van der Waals surface area contributed by atoms with Gasteiger partial charge in [0.05, 0.1) is 0 Å². The van der Waals surface area contributed by atoms with Gasteiger partial charge in [0.25, 0.3) is 0 Å². The van der Waals surface area contributed by atoms with E-state index in [4.69, 9.17) is 11.5 Å². The summed E-state index contributed by atoms with van der Waals surface area (Å²) in [6, 6.07) is -0.760. The molecule has 6 heteroatoms. The normalized spacial score (nSPS) is 22.1. The van der Waals surface area contributed by atoms with Crippen LogP contribution in [0.2, 0.25) is 0 Å². The fraction of sp³-hybridized carbons (Fsp3) is 0.625. The van der Waals surface area contributed by atoms with Gasteiger partial charge in [-0.05, 0) is 12.3 Å². The van der Waals surface area contributed by atoms with Crippen LogP contribution in [-0.4, -0.2) is 29.3 Å². The number of carbonyl (C=O) groups is 3. The fourth-order valence-electron chi connectivity index (χ4n) is 1.58. The molecule has 4 N–H and O–H groups in total. The Morgan fingerprint density at radius 1 is 1.43 bits per heavy atom. The lowest BCUT2D eigenvalue weighted by Gasteiger charge is -2.29. The number of carbonyl (C=O) groups excluding carboxylic acids is 3. The molecule has 6 nitrogen and oxygen atoms in total. The van der Waals surface area contributed by atoms with Gasteiger partial charge in [0.2, 0.25) is 11.8 Å². The van der Waals surface area contributed by atoms with E-state index in [-0.39, 0.29) is 31.2 Å². The number of rotatable bonds is 2. The number of amides is 4. The molecule has 0 bridgehead atoms. The summed E-state index contributed by atoms with van der Waals surface area (Å²) in [6.45, 7) is 0.205. The second kappa shape index (κ2) is 4.08. The smallest absolute Gasteiger partial charge is 0.321 e. The first-order chi connectivity index (χ1) is 6.50. The molecule has 0 aromatic carbocycles. The zero-order valence-corrected chi connectivity index (χ0v) is 7.73. The van der Waals surface area contributed by atoms with Gasteiger partial charge < -0.3 is 11.5 Å². The first-order valence-electron chi connectivity index (χ1n) is 4.39. The molecular formula is C8H13N3O3. The van der Waals surface area contributed by atoms with Gasteiger partial charge in [-0.25, -0.2) is 4.79 Å². The molecule has 14 heavy (non-hydrogen) atoms. The molecule has 0 aromatic rings. The Hall–Kier alpha value is -1.59. The maximum Gasteiger partial charge on any atom is 0.321 e. The van der Waals surface area contributed by atoms with E-state index in [9.17, 15) is 14.4 Å². The second-order valence-electron chi connectivity index (χ2n) is 3.42. The summed E-state index contributed by atoms with van der Waals surface area (Å²) in [5, 5.41) is 0. The van der Waals surface area contributed by atoms with Gasteiger partial charge in [0, 0.05) is 19.4 Å².